The lowest BCUT2D eigenvalue weighted by Crippen LogP contribution is -2.38. The number of aromatic nitrogens is 1. The number of nitrogens with zero attached hydrogens (tertiary/aromatic N) is 2. The van der Waals surface area contributed by atoms with Crippen LogP contribution in [0.5, 0.6) is 5.75 Å². The molecule has 12 heteroatoms. The number of carbonyl (C=O) groups excluding carboxylic acids is 2. The molecule has 4 rings (SSSR count). The Morgan fingerprint density at radius 1 is 0.932 bits per heavy atom. The summed E-state index contributed by atoms with van der Waals surface area (Å²) in [6.07, 6.45) is -5.71. The Hall–Kier alpha value is -4.74. The molecule has 0 saturated heterocycles. The van der Waals surface area contributed by atoms with Crippen LogP contribution in [0.15, 0.2) is 85.1 Å². The number of aryl methyl sites for hydroxylation is 1. The van der Waals surface area contributed by atoms with Crippen LogP contribution < -0.4 is 10.1 Å². The summed E-state index contributed by atoms with van der Waals surface area (Å²) in [6, 6.07) is 14.3. The number of carbonyl (C=O) groups is 2. The van der Waals surface area contributed by atoms with Gasteiger partial charge in [0, 0.05) is 54.9 Å². The molecule has 1 heterocycles. The second kappa shape index (κ2) is 12.9. The van der Waals surface area contributed by atoms with Gasteiger partial charge in [-0.25, -0.2) is 0 Å². The molecule has 0 bridgehead atoms. The molecule has 232 valence electrons. The normalized spacial score (nSPS) is 12.8. The standard InChI is InChI=1S/C32H29F6N3O3/c1-40-19-22(26-9-5-6-10-27(26)40)16-25(12-13-29(42)39-18-20-8-4-7-11-28(20)44-3)41(2)30(43)21-14-23(31(33,34)35)17-24(15-21)32(36,37)38/h4-15,17,19,25H,16,18H2,1-3H3,(H,39,42). The van der Waals surface area contributed by atoms with E-state index < -0.39 is 46.9 Å². The number of hydrogen-bond donors (Lipinski definition) is 1. The first-order valence-corrected chi connectivity index (χ1v) is 13.4. The molecular formula is C32H29F6N3O3. The van der Waals surface area contributed by atoms with Crippen LogP contribution in [0.3, 0.4) is 0 Å². The monoisotopic (exact) mass is 617 g/mol. The zero-order chi connectivity index (χ0) is 32.2. The first kappa shape index (κ1) is 32.2. The smallest absolute Gasteiger partial charge is 0.416 e. The van der Waals surface area contributed by atoms with Crippen LogP contribution in [0.4, 0.5) is 26.3 Å². The van der Waals surface area contributed by atoms with Crippen LogP contribution >= 0.6 is 0 Å². The van der Waals surface area contributed by atoms with Gasteiger partial charge in [0.25, 0.3) is 5.91 Å². The van der Waals surface area contributed by atoms with Crippen molar-refractivity contribution < 1.29 is 40.7 Å². The average Bonchev–Trinajstić information content (AvgIpc) is 3.31. The Morgan fingerprint density at radius 3 is 2.18 bits per heavy atom. The van der Waals surface area contributed by atoms with E-state index >= 15 is 0 Å². The first-order chi connectivity index (χ1) is 20.7. The molecule has 0 aliphatic carbocycles. The zero-order valence-corrected chi connectivity index (χ0v) is 24.0. The second-order valence-corrected chi connectivity index (χ2v) is 10.2. The van der Waals surface area contributed by atoms with Crippen LogP contribution in [0.1, 0.15) is 32.6 Å². The van der Waals surface area contributed by atoms with E-state index in [2.05, 4.69) is 5.32 Å². The van der Waals surface area contributed by atoms with E-state index in [4.69, 9.17) is 4.74 Å². The van der Waals surface area contributed by atoms with Crippen LogP contribution in [0, 0.1) is 0 Å². The third kappa shape index (κ3) is 7.42. The van der Waals surface area contributed by atoms with Gasteiger partial charge >= 0.3 is 12.4 Å². The number of hydrogen-bond acceptors (Lipinski definition) is 3. The summed E-state index contributed by atoms with van der Waals surface area (Å²) in [5.41, 5.74) is -1.64. The Balaban J connectivity index is 1.67. The van der Waals surface area contributed by atoms with Crippen molar-refractivity contribution in [2.45, 2.75) is 31.4 Å². The summed E-state index contributed by atoms with van der Waals surface area (Å²) < 4.78 is 88.1. The van der Waals surface area contributed by atoms with Crippen molar-refractivity contribution in [3.63, 3.8) is 0 Å². The molecule has 1 aromatic heterocycles. The number of fused-ring (bicyclic) bond motifs is 1. The summed E-state index contributed by atoms with van der Waals surface area (Å²) in [5.74, 6) is -1.04. The van der Waals surface area contributed by atoms with Gasteiger partial charge in [-0.15, -0.1) is 0 Å². The van der Waals surface area contributed by atoms with E-state index in [-0.39, 0.29) is 19.0 Å². The lowest BCUT2D eigenvalue weighted by molar-refractivity contribution is -0.143. The molecule has 0 aliphatic heterocycles. The molecule has 0 radical (unpaired) electrons. The molecule has 2 amide bonds. The Kier molecular flexibility index (Phi) is 9.41. The highest BCUT2D eigenvalue weighted by Crippen LogP contribution is 2.36. The summed E-state index contributed by atoms with van der Waals surface area (Å²) in [7, 11) is 4.58. The molecule has 0 aliphatic rings. The van der Waals surface area contributed by atoms with Crippen molar-refractivity contribution in [3.05, 3.63) is 113 Å². The van der Waals surface area contributed by atoms with Gasteiger partial charge in [0.15, 0.2) is 0 Å². The number of ether oxygens (including phenoxy) is 1. The van der Waals surface area contributed by atoms with Gasteiger partial charge < -0.3 is 19.5 Å². The number of alkyl halides is 6. The second-order valence-electron chi connectivity index (χ2n) is 10.2. The predicted octanol–water partition coefficient (Wildman–Crippen LogP) is 6.78. The SMILES string of the molecule is COc1ccccc1CNC(=O)C=CC(Cc1cn(C)c2ccccc12)N(C)C(=O)c1cc(C(F)(F)F)cc(C(F)(F)F)c1. The molecule has 1 atom stereocenters. The maximum atomic E-state index is 13.5. The number of rotatable bonds is 9. The van der Waals surface area contributed by atoms with Crippen LogP contribution in [0.2, 0.25) is 0 Å². The Morgan fingerprint density at radius 2 is 1.55 bits per heavy atom. The number of para-hydroxylation sites is 2. The van der Waals surface area contributed by atoms with Crippen LogP contribution in [-0.4, -0.2) is 41.5 Å². The predicted molar refractivity (Wildman–Crippen MR) is 153 cm³/mol. The third-order valence-electron chi connectivity index (χ3n) is 7.18. The number of halogens is 6. The Bertz CT molecular complexity index is 1660. The summed E-state index contributed by atoms with van der Waals surface area (Å²) in [4.78, 5) is 27.3. The maximum Gasteiger partial charge on any atom is 0.416 e. The lowest BCUT2D eigenvalue weighted by atomic mass is 10.0. The molecule has 0 saturated carbocycles. The molecule has 1 N–H and O–H groups in total. The summed E-state index contributed by atoms with van der Waals surface area (Å²) >= 11 is 0. The summed E-state index contributed by atoms with van der Waals surface area (Å²) in [6.45, 7) is 0.125. The summed E-state index contributed by atoms with van der Waals surface area (Å²) in [5, 5.41) is 3.55. The fraction of sp³-hybridized carbons (Fsp3) is 0.250. The van der Waals surface area contributed by atoms with Gasteiger partial charge in [-0.2, -0.15) is 26.3 Å². The highest BCUT2D eigenvalue weighted by atomic mass is 19.4. The van der Waals surface area contributed by atoms with Gasteiger partial charge in [-0.05, 0) is 42.3 Å². The zero-order valence-electron chi connectivity index (χ0n) is 24.0. The van der Waals surface area contributed by atoms with Crippen molar-refractivity contribution >= 4 is 22.7 Å². The fourth-order valence-corrected chi connectivity index (χ4v) is 4.87. The molecule has 0 spiro atoms. The van der Waals surface area contributed by atoms with Crippen molar-refractivity contribution in [1.82, 2.24) is 14.8 Å². The van der Waals surface area contributed by atoms with Crippen molar-refractivity contribution in [2.24, 2.45) is 7.05 Å². The minimum absolute atomic E-state index is 0.0314. The maximum absolute atomic E-state index is 13.5. The number of nitrogens with one attached hydrogen (secondary N) is 1. The van der Waals surface area contributed by atoms with Gasteiger partial charge in [0.2, 0.25) is 5.91 Å². The highest BCUT2D eigenvalue weighted by Gasteiger charge is 2.38. The quantitative estimate of drug-likeness (QED) is 0.166. The minimum Gasteiger partial charge on any atom is -0.496 e. The fourth-order valence-electron chi connectivity index (χ4n) is 4.87. The van der Waals surface area contributed by atoms with Crippen molar-refractivity contribution in [2.75, 3.05) is 14.2 Å². The van der Waals surface area contributed by atoms with Crippen molar-refractivity contribution in [1.29, 1.82) is 0 Å². The first-order valence-electron chi connectivity index (χ1n) is 13.4. The number of amides is 2. The van der Waals surface area contributed by atoms with Gasteiger partial charge in [0.1, 0.15) is 5.75 Å². The molecule has 4 aromatic rings. The number of methoxy groups -OCH3 is 1. The molecule has 3 aromatic carbocycles. The average molecular weight is 618 g/mol. The highest BCUT2D eigenvalue weighted by molar-refractivity contribution is 5.95. The molecule has 1 unspecified atom stereocenters. The third-order valence-corrected chi connectivity index (χ3v) is 7.18. The number of likely N-dealkylation sites (N-methyl/N-ethyl adjacent to an activating group) is 1. The molecular weight excluding hydrogens is 588 g/mol. The minimum atomic E-state index is -5.11. The van der Waals surface area contributed by atoms with Gasteiger partial charge in [-0.1, -0.05) is 42.5 Å². The largest absolute Gasteiger partial charge is 0.496 e. The van der Waals surface area contributed by atoms with E-state index in [0.29, 0.717) is 23.4 Å². The van der Waals surface area contributed by atoms with Gasteiger partial charge in [-0.3, -0.25) is 9.59 Å². The molecule has 6 nitrogen and oxygen atoms in total. The van der Waals surface area contributed by atoms with E-state index in [0.717, 1.165) is 21.4 Å². The number of benzene rings is 3. The van der Waals surface area contributed by atoms with Crippen LogP contribution in [-0.2, 0) is 37.2 Å². The Labute approximate surface area is 249 Å². The van der Waals surface area contributed by atoms with E-state index in [9.17, 15) is 35.9 Å². The lowest BCUT2D eigenvalue weighted by Gasteiger charge is -2.27. The molecule has 44 heavy (non-hydrogen) atoms. The topological polar surface area (TPSA) is 63.6 Å². The van der Waals surface area contributed by atoms with Crippen molar-refractivity contribution in [3.8, 4) is 5.75 Å². The molecule has 0 fully saturated rings. The van der Waals surface area contributed by atoms with E-state index in [1.54, 1.807) is 24.3 Å². The van der Waals surface area contributed by atoms with Gasteiger partial charge in [0.05, 0.1) is 24.3 Å². The van der Waals surface area contributed by atoms with E-state index in [1.807, 2.05) is 42.1 Å². The van der Waals surface area contributed by atoms with Crippen LogP contribution in [0.25, 0.3) is 10.9 Å². The van der Waals surface area contributed by atoms with E-state index in [1.165, 1.54) is 26.3 Å².